The van der Waals surface area contributed by atoms with Gasteiger partial charge in [-0.05, 0) is 42.3 Å². The molecule has 2 aliphatic heterocycles. The molecule has 1 aromatic carbocycles. The number of thioether (sulfide) groups is 1. The van der Waals surface area contributed by atoms with Gasteiger partial charge in [-0.2, -0.15) is 0 Å². The number of rotatable bonds is 4. The van der Waals surface area contributed by atoms with Crippen LogP contribution in [0.25, 0.3) is 0 Å². The molecule has 1 atom stereocenters. The number of hydrogen-bond acceptors (Lipinski definition) is 4. The van der Waals surface area contributed by atoms with Crippen LogP contribution in [0.1, 0.15) is 22.3 Å². The number of carbonyl (C=O) groups excluding carboxylic acids is 1. The Morgan fingerprint density at radius 1 is 1.32 bits per heavy atom. The Bertz CT molecular complexity index is 765. The van der Waals surface area contributed by atoms with Gasteiger partial charge in [0, 0.05) is 41.8 Å². The molecular formula is C19H19ClN2O2S. The van der Waals surface area contributed by atoms with Gasteiger partial charge in [-0.3, -0.25) is 9.78 Å². The van der Waals surface area contributed by atoms with Crippen LogP contribution >= 0.6 is 23.4 Å². The van der Waals surface area contributed by atoms with Crippen LogP contribution in [0.5, 0.6) is 0 Å². The van der Waals surface area contributed by atoms with Gasteiger partial charge in [0.05, 0.1) is 17.5 Å². The van der Waals surface area contributed by atoms with Gasteiger partial charge in [-0.25, -0.2) is 0 Å². The SMILES string of the molecule is O=C(c1cccc(Cl)c1)N1CC2(C[C@@H](OCc3ccncc3)CS2)C1. The highest BCUT2D eigenvalue weighted by Crippen LogP contribution is 2.46. The third-order valence-corrected chi connectivity index (χ3v) is 6.54. The molecule has 1 spiro atoms. The van der Waals surface area contributed by atoms with E-state index in [1.54, 1.807) is 24.5 Å². The lowest BCUT2D eigenvalue weighted by atomic mass is 9.92. The third-order valence-electron chi connectivity index (χ3n) is 4.73. The molecule has 0 unspecified atom stereocenters. The molecule has 1 aromatic heterocycles. The zero-order chi connectivity index (χ0) is 17.3. The lowest BCUT2D eigenvalue weighted by Gasteiger charge is -2.47. The van der Waals surface area contributed by atoms with Crippen LogP contribution in [0.3, 0.4) is 0 Å². The number of likely N-dealkylation sites (tertiary alicyclic amines) is 1. The fourth-order valence-corrected chi connectivity index (χ4v) is 5.16. The lowest BCUT2D eigenvalue weighted by molar-refractivity contribution is 0.0255. The van der Waals surface area contributed by atoms with E-state index in [0.717, 1.165) is 30.8 Å². The van der Waals surface area contributed by atoms with E-state index in [4.69, 9.17) is 16.3 Å². The maximum atomic E-state index is 12.5. The molecule has 0 aliphatic carbocycles. The molecule has 6 heteroatoms. The second-order valence-corrected chi connectivity index (χ2v) is 8.58. The van der Waals surface area contributed by atoms with E-state index in [9.17, 15) is 4.79 Å². The van der Waals surface area contributed by atoms with E-state index in [-0.39, 0.29) is 16.8 Å². The topological polar surface area (TPSA) is 42.4 Å². The summed E-state index contributed by atoms with van der Waals surface area (Å²) in [7, 11) is 0. The minimum Gasteiger partial charge on any atom is -0.373 e. The van der Waals surface area contributed by atoms with E-state index < -0.39 is 0 Å². The summed E-state index contributed by atoms with van der Waals surface area (Å²) >= 11 is 7.92. The first-order valence-electron chi connectivity index (χ1n) is 8.33. The van der Waals surface area contributed by atoms with Crippen LogP contribution in [-0.2, 0) is 11.3 Å². The Kier molecular flexibility index (Phi) is 4.71. The van der Waals surface area contributed by atoms with Gasteiger partial charge in [0.2, 0.25) is 0 Å². The highest BCUT2D eigenvalue weighted by atomic mass is 35.5. The minimum atomic E-state index is 0.0647. The minimum absolute atomic E-state index is 0.0647. The van der Waals surface area contributed by atoms with Crippen LogP contribution in [0.4, 0.5) is 0 Å². The Morgan fingerprint density at radius 3 is 2.88 bits per heavy atom. The number of pyridine rings is 1. The second kappa shape index (κ2) is 6.98. The number of halogens is 1. The Morgan fingerprint density at radius 2 is 2.12 bits per heavy atom. The first-order chi connectivity index (χ1) is 12.1. The fraction of sp³-hybridized carbons (Fsp3) is 0.368. The molecule has 3 heterocycles. The predicted octanol–water partition coefficient (Wildman–Crippen LogP) is 3.65. The van der Waals surface area contributed by atoms with Gasteiger partial charge in [0.25, 0.3) is 5.91 Å². The van der Waals surface area contributed by atoms with E-state index in [1.165, 1.54) is 0 Å². The van der Waals surface area contributed by atoms with Crippen LogP contribution in [0.2, 0.25) is 5.02 Å². The third kappa shape index (κ3) is 3.68. The van der Waals surface area contributed by atoms with E-state index >= 15 is 0 Å². The number of nitrogens with zero attached hydrogens (tertiary/aromatic N) is 2. The average Bonchev–Trinajstić information content (AvgIpc) is 3.04. The van der Waals surface area contributed by atoms with Gasteiger partial charge < -0.3 is 9.64 Å². The highest BCUT2D eigenvalue weighted by molar-refractivity contribution is 8.01. The van der Waals surface area contributed by atoms with Crippen molar-refractivity contribution in [1.29, 1.82) is 0 Å². The smallest absolute Gasteiger partial charge is 0.254 e. The molecule has 130 valence electrons. The molecule has 0 N–H and O–H groups in total. The Balaban J connectivity index is 1.29. The quantitative estimate of drug-likeness (QED) is 0.819. The lowest BCUT2D eigenvalue weighted by Crippen LogP contribution is -2.60. The van der Waals surface area contributed by atoms with Crippen molar-refractivity contribution in [2.45, 2.75) is 23.9 Å². The average molecular weight is 375 g/mol. The summed E-state index contributed by atoms with van der Waals surface area (Å²) in [6.07, 6.45) is 4.83. The molecule has 2 aliphatic rings. The van der Waals surface area contributed by atoms with Crippen molar-refractivity contribution in [3.63, 3.8) is 0 Å². The number of ether oxygens (including phenoxy) is 1. The number of hydrogen-bond donors (Lipinski definition) is 0. The molecule has 0 radical (unpaired) electrons. The first-order valence-corrected chi connectivity index (χ1v) is 9.69. The molecule has 1 amide bonds. The van der Waals surface area contributed by atoms with Crippen molar-refractivity contribution in [3.8, 4) is 0 Å². The largest absolute Gasteiger partial charge is 0.373 e. The molecular weight excluding hydrogens is 356 g/mol. The fourth-order valence-electron chi connectivity index (χ4n) is 3.42. The van der Waals surface area contributed by atoms with Gasteiger partial charge in [-0.15, -0.1) is 11.8 Å². The van der Waals surface area contributed by atoms with Crippen molar-refractivity contribution in [1.82, 2.24) is 9.88 Å². The van der Waals surface area contributed by atoms with E-state index in [2.05, 4.69) is 4.98 Å². The number of amides is 1. The van der Waals surface area contributed by atoms with E-state index in [0.29, 0.717) is 17.2 Å². The van der Waals surface area contributed by atoms with Gasteiger partial charge in [0.1, 0.15) is 0 Å². The molecule has 0 saturated carbocycles. The summed E-state index contributed by atoms with van der Waals surface area (Å²) in [5, 5.41) is 0.598. The molecule has 2 fully saturated rings. The van der Waals surface area contributed by atoms with Crippen molar-refractivity contribution in [2.24, 2.45) is 0 Å². The molecule has 2 aromatic rings. The monoisotopic (exact) mass is 374 g/mol. The van der Waals surface area contributed by atoms with Gasteiger partial charge in [-0.1, -0.05) is 17.7 Å². The number of aromatic nitrogens is 1. The van der Waals surface area contributed by atoms with Crippen LogP contribution < -0.4 is 0 Å². The number of carbonyl (C=O) groups is 1. The maximum absolute atomic E-state index is 12.5. The number of benzene rings is 1. The van der Waals surface area contributed by atoms with Crippen LogP contribution in [0.15, 0.2) is 48.8 Å². The summed E-state index contributed by atoms with van der Waals surface area (Å²) in [6.45, 7) is 2.20. The van der Waals surface area contributed by atoms with Crippen molar-refractivity contribution in [2.75, 3.05) is 18.8 Å². The zero-order valence-electron chi connectivity index (χ0n) is 13.7. The molecule has 25 heavy (non-hydrogen) atoms. The Hall–Kier alpha value is -1.56. The molecule has 4 rings (SSSR count). The summed E-state index contributed by atoms with van der Waals surface area (Å²) < 4.78 is 6.21. The molecule has 4 nitrogen and oxygen atoms in total. The van der Waals surface area contributed by atoms with Crippen LogP contribution in [0, 0.1) is 0 Å². The summed E-state index contributed by atoms with van der Waals surface area (Å²) in [6, 6.07) is 11.1. The van der Waals surface area contributed by atoms with Crippen LogP contribution in [-0.4, -0.2) is 45.5 Å². The van der Waals surface area contributed by atoms with Crippen molar-refractivity contribution >= 4 is 29.3 Å². The van der Waals surface area contributed by atoms with E-state index in [1.807, 2.05) is 40.9 Å². The normalized spacial score (nSPS) is 21.3. The second-order valence-electron chi connectivity index (χ2n) is 6.66. The summed E-state index contributed by atoms with van der Waals surface area (Å²) in [5.74, 6) is 1.06. The Labute approximate surface area is 156 Å². The standard InChI is InChI=1S/C19H19ClN2O2S/c20-16-3-1-2-15(8-16)18(23)22-12-19(13-22)9-17(11-25-19)24-10-14-4-6-21-7-5-14/h1-8,17H,9-13H2/t17-/m1/s1. The summed E-state index contributed by atoms with van der Waals surface area (Å²) in [4.78, 5) is 18.5. The van der Waals surface area contributed by atoms with Crippen molar-refractivity contribution in [3.05, 3.63) is 64.9 Å². The van der Waals surface area contributed by atoms with Crippen molar-refractivity contribution < 1.29 is 9.53 Å². The van der Waals surface area contributed by atoms with Gasteiger partial charge >= 0.3 is 0 Å². The molecule has 0 bridgehead atoms. The predicted molar refractivity (Wildman–Crippen MR) is 100.0 cm³/mol. The van der Waals surface area contributed by atoms with Gasteiger partial charge in [0.15, 0.2) is 0 Å². The highest BCUT2D eigenvalue weighted by Gasteiger charge is 2.50. The first kappa shape index (κ1) is 16.9. The molecule has 2 saturated heterocycles. The maximum Gasteiger partial charge on any atom is 0.254 e. The zero-order valence-corrected chi connectivity index (χ0v) is 15.3. The summed E-state index contributed by atoms with van der Waals surface area (Å²) in [5.41, 5.74) is 1.81.